The van der Waals surface area contributed by atoms with E-state index in [9.17, 15) is 0 Å². The van der Waals surface area contributed by atoms with Crippen LogP contribution in [0.2, 0.25) is 10.0 Å². The Balaban J connectivity index is 1.43. The van der Waals surface area contributed by atoms with Crippen LogP contribution in [0.25, 0.3) is 0 Å². The van der Waals surface area contributed by atoms with Crippen molar-refractivity contribution in [1.82, 2.24) is 0 Å². The molecule has 0 amide bonds. The number of nitrogens with zero attached hydrogens (tertiary/aromatic N) is 1. The number of ether oxygens (including phenoxy) is 3. The molecule has 1 aliphatic rings. The summed E-state index contributed by atoms with van der Waals surface area (Å²) in [6, 6.07) is 17.8. The van der Waals surface area contributed by atoms with Crippen LogP contribution in [0.4, 0.5) is 11.4 Å². The molecule has 5 nitrogen and oxygen atoms in total. The molecule has 0 saturated carbocycles. The van der Waals surface area contributed by atoms with E-state index < -0.39 is 0 Å². The van der Waals surface area contributed by atoms with E-state index in [0.717, 1.165) is 47.6 Å². The van der Waals surface area contributed by atoms with Crippen LogP contribution in [0, 0.1) is 0 Å². The highest BCUT2D eigenvalue weighted by atomic mass is 79.9. The number of hydrogen-bond donors (Lipinski definition) is 1. The van der Waals surface area contributed by atoms with Gasteiger partial charge in [-0.15, -0.1) is 0 Å². The molecule has 1 aliphatic heterocycles. The molecule has 0 bridgehead atoms. The third-order valence-corrected chi connectivity index (χ3v) is 7.02. The molecule has 4 rings (SSSR count). The Labute approximate surface area is 219 Å². The number of hydrogen-bond acceptors (Lipinski definition) is 5. The molecular weight excluding hydrogens is 539 g/mol. The summed E-state index contributed by atoms with van der Waals surface area (Å²) in [7, 11) is 0. The van der Waals surface area contributed by atoms with Crippen LogP contribution < -0.4 is 19.7 Å². The standard InChI is InChI=1S/C26H27BrCl2N2O3/c1-2-33-25-14-18(16-30-19-6-8-20(9-7-19)31-10-12-32-13-11-31)22(27)15-26(25)34-17-21-23(28)4-3-5-24(21)29/h3-9,14-15,30H,2,10-13,16-17H2,1H3. The molecule has 0 atom stereocenters. The fraction of sp³-hybridized carbons (Fsp3) is 0.308. The highest BCUT2D eigenvalue weighted by Crippen LogP contribution is 2.36. The summed E-state index contributed by atoms with van der Waals surface area (Å²) in [5, 5.41) is 4.64. The summed E-state index contributed by atoms with van der Waals surface area (Å²) >= 11 is 16.2. The third-order valence-electron chi connectivity index (χ3n) is 5.57. The Hall–Kier alpha value is -2.12. The molecule has 0 aromatic heterocycles. The molecule has 3 aromatic carbocycles. The maximum Gasteiger partial charge on any atom is 0.162 e. The lowest BCUT2D eigenvalue weighted by atomic mass is 10.2. The van der Waals surface area contributed by atoms with Crippen LogP contribution in [0.15, 0.2) is 59.1 Å². The molecule has 1 N–H and O–H groups in total. The van der Waals surface area contributed by atoms with Gasteiger partial charge >= 0.3 is 0 Å². The van der Waals surface area contributed by atoms with E-state index in [4.69, 9.17) is 37.4 Å². The van der Waals surface area contributed by atoms with Crippen LogP contribution in [-0.4, -0.2) is 32.9 Å². The van der Waals surface area contributed by atoms with Gasteiger partial charge in [0.05, 0.1) is 19.8 Å². The van der Waals surface area contributed by atoms with Crippen molar-refractivity contribution in [1.29, 1.82) is 0 Å². The Kier molecular flexibility index (Phi) is 8.84. The molecule has 3 aromatic rings. The van der Waals surface area contributed by atoms with E-state index in [-0.39, 0.29) is 6.61 Å². The minimum Gasteiger partial charge on any atom is -0.490 e. The van der Waals surface area contributed by atoms with Gasteiger partial charge in [-0.2, -0.15) is 0 Å². The second-order valence-corrected chi connectivity index (χ2v) is 9.48. The maximum absolute atomic E-state index is 6.29. The van der Waals surface area contributed by atoms with Gasteiger partial charge in [0.25, 0.3) is 0 Å². The Bertz CT molecular complexity index is 1090. The van der Waals surface area contributed by atoms with E-state index in [2.05, 4.69) is 50.4 Å². The van der Waals surface area contributed by atoms with E-state index in [1.165, 1.54) is 5.69 Å². The molecule has 1 saturated heterocycles. The van der Waals surface area contributed by atoms with Gasteiger partial charge in [0, 0.05) is 51.1 Å². The van der Waals surface area contributed by atoms with Gasteiger partial charge < -0.3 is 24.4 Å². The average molecular weight is 566 g/mol. The topological polar surface area (TPSA) is 43.0 Å². The largest absolute Gasteiger partial charge is 0.490 e. The fourth-order valence-corrected chi connectivity index (χ4v) is 4.69. The second-order valence-electron chi connectivity index (χ2n) is 7.81. The van der Waals surface area contributed by atoms with Crippen LogP contribution in [0.3, 0.4) is 0 Å². The minimum absolute atomic E-state index is 0.248. The number of rotatable bonds is 9. The van der Waals surface area contributed by atoms with Gasteiger partial charge in [-0.25, -0.2) is 0 Å². The summed E-state index contributed by atoms with van der Waals surface area (Å²) in [4.78, 5) is 2.34. The first-order valence-corrected chi connectivity index (χ1v) is 12.8. The summed E-state index contributed by atoms with van der Waals surface area (Å²) in [5.74, 6) is 1.30. The van der Waals surface area contributed by atoms with Gasteiger partial charge in [-0.05, 0) is 61.0 Å². The van der Waals surface area contributed by atoms with Crippen LogP contribution in [0.5, 0.6) is 11.5 Å². The monoisotopic (exact) mass is 564 g/mol. The Morgan fingerprint density at radius 3 is 2.32 bits per heavy atom. The van der Waals surface area contributed by atoms with Crippen LogP contribution in [-0.2, 0) is 17.9 Å². The predicted octanol–water partition coefficient (Wildman–Crippen LogP) is 7.18. The smallest absolute Gasteiger partial charge is 0.162 e. The molecule has 180 valence electrons. The molecule has 1 heterocycles. The predicted molar refractivity (Wildman–Crippen MR) is 143 cm³/mol. The first-order chi connectivity index (χ1) is 16.5. The number of anilines is 2. The SMILES string of the molecule is CCOc1cc(CNc2ccc(N3CCOCC3)cc2)c(Br)cc1OCc1c(Cl)cccc1Cl. The number of morpholine rings is 1. The van der Waals surface area contributed by atoms with Gasteiger partial charge in [-0.3, -0.25) is 0 Å². The van der Waals surface area contributed by atoms with Crippen molar-refractivity contribution in [3.8, 4) is 11.5 Å². The van der Waals surface area contributed by atoms with Crippen molar-refractivity contribution in [3.05, 3.63) is 80.2 Å². The molecule has 0 unspecified atom stereocenters. The lowest BCUT2D eigenvalue weighted by Gasteiger charge is -2.29. The van der Waals surface area contributed by atoms with Crippen molar-refractivity contribution in [2.45, 2.75) is 20.1 Å². The van der Waals surface area contributed by atoms with E-state index in [0.29, 0.717) is 34.7 Å². The molecule has 1 fully saturated rings. The molecule has 0 radical (unpaired) electrons. The summed E-state index contributed by atoms with van der Waals surface area (Å²) < 4.78 is 18.3. The second kappa shape index (κ2) is 12.0. The van der Waals surface area contributed by atoms with Gasteiger partial charge in [-0.1, -0.05) is 45.2 Å². The normalized spacial score (nSPS) is 13.6. The van der Waals surface area contributed by atoms with E-state index >= 15 is 0 Å². The van der Waals surface area contributed by atoms with E-state index in [1.54, 1.807) is 12.1 Å². The van der Waals surface area contributed by atoms with Crippen LogP contribution in [0.1, 0.15) is 18.1 Å². The Morgan fingerprint density at radius 1 is 0.971 bits per heavy atom. The first kappa shape index (κ1) is 25.0. The zero-order chi connectivity index (χ0) is 23.9. The summed E-state index contributed by atoms with van der Waals surface area (Å²) in [5.41, 5.74) is 4.07. The number of halogens is 3. The number of nitrogens with one attached hydrogen (secondary N) is 1. The quantitative estimate of drug-likeness (QED) is 0.297. The van der Waals surface area contributed by atoms with Gasteiger partial charge in [0.2, 0.25) is 0 Å². The van der Waals surface area contributed by atoms with Crippen LogP contribution >= 0.6 is 39.1 Å². The van der Waals surface area contributed by atoms with Crippen molar-refractivity contribution in [2.24, 2.45) is 0 Å². The lowest BCUT2D eigenvalue weighted by Crippen LogP contribution is -2.36. The third kappa shape index (κ3) is 6.30. The molecule has 0 aliphatic carbocycles. The molecular formula is C26H27BrCl2N2O3. The fourth-order valence-electron chi connectivity index (χ4n) is 3.72. The molecule has 8 heteroatoms. The van der Waals surface area contributed by atoms with Gasteiger partial charge in [0.15, 0.2) is 11.5 Å². The van der Waals surface area contributed by atoms with Gasteiger partial charge in [0.1, 0.15) is 6.61 Å². The minimum atomic E-state index is 0.248. The lowest BCUT2D eigenvalue weighted by molar-refractivity contribution is 0.122. The van der Waals surface area contributed by atoms with Crippen molar-refractivity contribution in [2.75, 3.05) is 43.1 Å². The molecule has 34 heavy (non-hydrogen) atoms. The zero-order valence-corrected chi connectivity index (χ0v) is 22.0. The van der Waals surface area contributed by atoms with E-state index in [1.807, 2.05) is 25.1 Å². The maximum atomic E-state index is 6.29. The van der Waals surface area contributed by atoms with Crippen molar-refractivity contribution >= 4 is 50.5 Å². The van der Waals surface area contributed by atoms with Crippen molar-refractivity contribution < 1.29 is 14.2 Å². The first-order valence-electron chi connectivity index (χ1n) is 11.2. The molecule has 0 spiro atoms. The highest BCUT2D eigenvalue weighted by Gasteiger charge is 2.14. The summed E-state index contributed by atoms with van der Waals surface area (Å²) in [6.45, 7) is 6.77. The highest BCUT2D eigenvalue weighted by molar-refractivity contribution is 9.10. The number of benzene rings is 3. The average Bonchev–Trinajstić information content (AvgIpc) is 2.85. The van der Waals surface area contributed by atoms with Crippen molar-refractivity contribution in [3.63, 3.8) is 0 Å². The summed E-state index contributed by atoms with van der Waals surface area (Å²) in [6.07, 6.45) is 0. The zero-order valence-electron chi connectivity index (χ0n) is 19.0. The Morgan fingerprint density at radius 2 is 1.65 bits per heavy atom.